The van der Waals surface area contributed by atoms with Crippen LogP contribution in [0, 0.1) is 0 Å². The Morgan fingerprint density at radius 1 is 1.28 bits per heavy atom. The van der Waals surface area contributed by atoms with E-state index in [0.29, 0.717) is 0 Å². The molecule has 0 aromatic rings. The van der Waals surface area contributed by atoms with Gasteiger partial charge >= 0.3 is 12.0 Å². The second kappa shape index (κ2) is 6.23. The summed E-state index contributed by atoms with van der Waals surface area (Å²) in [6.45, 7) is 6.67. The van der Waals surface area contributed by atoms with E-state index in [1.807, 2.05) is 20.8 Å². The Labute approximate surface area is 107 Å². The Balaban J connectivity index is 4.19. The number of nitrogens with one attached hydrogen (secondary N) is 2. The molecule has 3 amide bonds. The topological polar surface area (TPSA) is 98.7 Å². The number of urea groups is 1. The third-order valence-corrected chi connectivity index (χ3v) is 2.17. The van der Waals surface area contributed by atoms with Crippen molar-refractivity contribution in [2.75, 3.05) is 13.6 Å². The molecule has 0 aromatic carbocycles. The second-order valence-corrected chi connectivity index (χ2v) is 5.08. The number of aliphatic carboxylic acids is 1. The molecule has 0 aliphatic rings. The van der Waals surface area contributed by atoms with Crippen LogP contribution >= 0.6 is 0 Å². The molecule has 0 saturated carbocycles. The number of amides is 3. The van der Waals surface area contributed by atoms with Crippen LogP contribution in [0.15, 0.2) is 0 Å². The van der Waals surface area contributed by atoms with Gasteiger partial charge in [0.1, 0.15) is 6.04 Å². The van der Waals surface area contributed by atoms with Gasteiger partial charge in [0.25, 0.3) is 0 Å². The minimum absolute atomic E-state index is 0.188. The van der Waals surface area contributed by atoms with E-state index < -0.39 is 18.0 Å². The van der Waals surface area contributed by atoms with Crippen molar-refractivity contribution >= 4 is 17.9 Å². The number of rotatable bonds is 4. The molecule has 3 N–H and O–H groups in total. The quantitative estimate of drug-likeness (QED) is 0.662. The van der Waals surface area contributed by atoms with Gasteiger partial charge in [-0.25, -0.2) is 9.59 Å². The number of hydrogen-bond acceptors (Lipinski definition) is 3. The van der Waals surface area contributed by atoms with Crippen molar-refractivity contribution < 1.29 is 19.5 Å². The van der Waals surface area contributed by atoms with Gasteiger partial charge in [0, 0.05) is 12.6 Å². The summed E-state index contributed by atoms with van der Waals surface area (Å²) in [7, 11) is 1.36. The van der Waals surface area contributed by atoms with E-state index >= 15 is 0 Å². The van der Waals surface area contributed by atoms with Crippen molar-refractivity contribution in [2.24, 2.45) is 0 Å². The number of likely N-dealkylation sites (N-methyl/N-ethyl adjacent to an activating group) is 1. The van der Waals surface area contributed by atoms with E-state index in [1.165, 1.54) is 14.0 Å². The van der Waals surface area contributed by atoms with Crippen LogP contribution in [0.5, 0.6) is 0 Å². The van der Waals surface area contributed by atoms with Crippen LogP contribution < -0.4 is 10.6 Å². The molecule has 0 saturated heterocycles. The molecule has 7 heteroatoms. The lowest BCUT2D eigenvalue weighted by atomic mass is 10.1. The summed E-state index contributed by atoms with van der Waals surface area (Å²) in [6, 6.07) is -1.55. The molecule has 0 bridgehead atoms. The zero-order valence-electron chi connectivity index (χ0n) is 11.4. The van der Waals surface area contributed by atoms with Gasteiger partial charge in [0.2, 0.25) is 5.91 Å². The predicted molar refractivity (Wildman–Crippen MR) is 66.2 cm³/mol. The Hall–Kier alpha value is -1.79. The smallest absolute Gasteiger partial charge is 0.326 e. The lowest BCUT2D eigenvalue weighted by Crippen LogP contribution is -2.50. The summed E-state index contributed by atoms with van der Waals surface area (Å²) < 4.78 is 0. The van der Waals surface area contributed by atoms with Gasteiger partial charge in [0.05, 0.1) is 6.54 Å². The fourth-order valence-electron chi connectivity index (χ4n) is 1.08. The first-order valence-corrected chi connectivity index (χ1v) is 5.59. The summed E-state index contributed by atoms with van der Waals surface area (Å²) in [5, 5.41) is 13.8. The van der Waals surface area contributed by atoms with E-state index in [2.05, 4.69) is 10.6 Å². The highest BCUT2D eigenvalue weighted by molar-refractivity contribution is 5.86. The van der Waals surface area contributed by atoms with Crippen molar-refractivity contribution in [1.82, 2.24) is 15.5 Å². The average Bonchev–Trinajstić information content (AvgIpc) is 2.21. The summed E-state index contributed by atoms with van der Waals surface area (Å²) in [6.07, 6.45) is 0. The molecule has 0 spiro atoms. The van der Waals surface area contributed by atoms with E-state index in [0.717, 1.165) is 4.90 Å². The lowest BCUT2D eigenvalue weighted by Gasteiger charge is -2.23. The minimum Gasteiger partial charge on any atom is -0.480 e. The molecule has 0 rings (SSSR count). The van der Waals surface area contributed by atoms with Gasteiger partial charge in [-0.15, -0.1) is 0 Å². The summed E-state index contributed by atoms with van der Waals surface area (Å²) >= 11 is 0. The monoisotopic (exact) mass is 259 g/mol. The molecule has 104 valence electrons. The SMILES string of the molecule is CC(C(=O)O)N(C)C(=O)NCC(=O)NC(C)(C)C. The fraction of sp³-hybridized carbons (Fsp3) is 0.727. The van der Waals surface area contributed by atoms with Crippen molar-refractivity contribution in [3.05, 3.63) is 0 Å². The lowest BCUT2D eigenvalue weighted by molar-refractivity contribution is -0.141. The van der Waals surface area contributed by atoms with E-state index in [9.17, 15) is 14.4 Å². The number of carbonyl (C=O) groups excluding carboxylic acids is 2. The van der Waals surface area contributed by atoms with Gasteiger partial charge in [0.15, 0.2) is 0 Å². The first-order chi connectivity index (χ1) is 8.04. The maximum Gasteiger partial charge on any atom is 0.326 e. The van der Waals surface area contributed by atoms with E-state index in [1.54, 1.807) is 0 Å². The molecule has 1 atom stereocenters. The Kier molecular flexibility index (Phi) is 5.61. The third-order valence-electron chi connectivity index (χ3n) is 2.17. The molecular formula is C11H21N3O4. The van der Waals surface area contributed by atoms with Crippen LogP contribution in [-0.4, -0.2) is 53.1 Å². The highest BCUT2D eigenvalue weighted by Gasteiger charge is 2.22. The number of hydrogen-bond donors (Lipinski definition) is 3. The molecule has 0 aliphatic carbocycles. The maximum atomic E-state index is 11.5. The zero-order valence-corrected chi connectivity index (χ0v) is 11.4. The summed E-state index contributed by atoms with van der Waals surface area (Å²) in [5.74, 6) is -1.43. The van der Waals surface area contributed by atoms with E-state index in [-0.39, 0.29) is 18.0 Å². The van der Waals surface area contributed by atoms with Gasteiger partial charge in [-0.3, -0.25) is 4.79 Å². The van der Waals surface area contributed by atoms with Crippen LogP contribution in [0.2, 0.25) is 0 Å². The fourth-order valence-corrected chi connectivity index (χ4v) is 1.08. The van der Waals surface area contributed by atoms with Crippen LogP contribution in [0.25, 0.3) is 0 Å². The first-order valence-electron chi connectivity index (χ1n) is 5.59. The van der Waals surface area contributed by atoms with Gasteiger partial charge in [-0.2, -0.15) is 0 Å². The maximum absolute atomic E-state index is 11.5. The number of carboxylic acids is 1. The first kappa shape index (κ1) is 16.2. The van der Waals surface area contributed by atoms with Gasteiger partial charge < -0.3 is 20.6 Å². The highest BCUT2D eigenvalue weighted by atomic mass is 16.4. The largest absolute Gasteiger partial charge is 0.480 e. The average molecular weight is 259 g/mol. The molecule has 18 heavy (non-hydrogen) atoms. The predicted octanol–water partition coefficient (Wildman–Crippen LogP) is 0.0156. The Morgan fingerprint density at radius 2 is 1.78 bits per heavy atom. The van der Waals surface area contributed by atoms with Crippen molar-refractivity contribution in [1.29, 1.82) is 0 Å². The molecule has 0 heterocycles. The normalized spacial score (nSPS) is 12.5. The second-order valence-electron chi connectivity index (χ2n) is 5.08. The minimum atomic E-state index is -1.10. The standard InChI is InChI=1S/C11H21N3O4/c1-7(9(16)17)14(5)10(18)12-6-8(15)13-11(2,3)4/h7H,6H2,1-5H3,(H,12,18)(H,13,15)(H,16,17). The van der Waals surface area contributed by atoms with Crippen LogP contribution in [0.4, 0.5) is 4.79 Å². The molecule has 0 fully saturated rings. The van der Waals surface area contributed by atoms with Crippen LogP contribution in [0.1, 0.15) is 27.7 Å². The van der Waals surface area contributed by atoms with Crippen molar-refractivity contribution in [3.63, 3.8) is 0 Å². The number of carboxylic acid groups (broad SMARTS) is 1. The van der Waals surface area contributed by atoms with Crippen molar-refractivity contribution in [2.45, 2.75) is 39.3 Å². The van der Waals surface area contributed by atoms with Gasteiger partial charge in [-0.1, -0.05) is 0 Å². The molecule has 0 radical (unpaired) electrons. The molecule has 1 unspecified atom stereocenters. The Bertz CT molecular complexity index is 336. The molecule has 0 aromatic heterocycles. The summed E-state index contributed by atoms with van der Waals surface area (Å²) in [4.78, 5) is 34.6. The van der Waals surface area contributed by atoms with E-state index in [4.69, 9.17) is 5.11 Å². The highest BCUT2D eigenvalue weighted by Crippen LogP contribution is 1.98. The molecule has 0 aliphatic heterocycles. The summed E-state index contributed by atoms with van der Waals surface area (Å²) in [5.41, 5.74) is -0.373. The molecular weight excluding hydrogens is 238 g/mol. The van der Waals surface area contributed by atoms with Crippen molar-refractivity contribution in [3.8, 4) is 0 Å². The number of nitrogens with zero attached hydrogens (tertiary/aromatic N) is 1. The van der Waals surface area contributed by atoms with Crippen LogP contribution in [-0.2, 0) is 9.59 Å². The number of carbonyl (C=O) groups is 3. The van der Waals surface area contributed by atoms with Crippen LogP contribution in [0.3, 0.4) is 0 Å². The Morgan fingerprint density at radius 3 is 2.17 bits per heavy atom. The zero-order chi connectivity index (χ0) is 14.5. The third kappa shape index (κ3) is 6.07. The molecule has 7 nitrogen and oxygen atoms in total. The van der Waals surface area contributed by atoms with Gasteiger partial charge in [-0.05, 0) is 27.7 Å².